The molecule has 1 amide bonds. The molecule has 0 radical (unpaired) electrons. The lowest BCUT2D eigenvalue weighted by molar-refractivity contribution is 0.0717. The number of furan rings is 1. The SMILES string of the molecule is CCc1ccc(C(=O)N(Cc2ccccc2)Cc2ccc(C)o2)cc1. The normalized spacial score (nSPS) is 10.6. The first-order valence-corrected chi connectivity index (χ1v) is 8.63. The number of rotatable bonds is 6. The van der Waals surface area contributed by atoms with Gasteiger partial charge in [0, 0.05) is 12.1 Å². The van der Waals surface area contributed by atoms with Gasteiger partial charge in [0.05, 0.1) is 6.54 Å². The lowest BCUT2D eigenvalue weighted by Crippen LogP contribution is -2.30. The number of hydrogen-bond donors (Lipinski definition) is 0. The van der Waals surface area contributed by atoms with Crippen LogP contribution < -0.4 is 0 Å². The minimum atomic E-state index is 0.0144. The Hall–Kier alpha value is -2.81. The van der Waals surface area contributed by atoms with Gasteiger partial charge in [0.15, 0.2) is 0 Å². The Morgan fingerprint density at radius 3 is 2.20 bits per heavy atom. The largest absolute Gasteiger partial charge is 0.464 e. The van der Waals surface area contributed by atoms with Crippen LogP contribution in [-0.4, -0.2) is 10.8 Å². The maximum absolute atomic E-state index is 13.0. The highest BCUT2D eigenvalue weighted by Gasteiger charge is 2.18. The Bertz CT molecular complexity index is 819. The van der Waals surface area contributed by atoms with Gasteiger partial charge in [-0.3, -0.25) is 4.79 Å². The predicted molar refractivity (Wildman–Crippen MR) is 99.3 cm³/mol. The molecule has 3 nitrogen and oxygen atoms in total. The van der Waals surface area contributed by atoms with Crippen LogP contribution in [-0.2, 0) is 19.5 Å². The van der Waals surface area contributed by atoms with Gasteiger partial charge in [-0.15, -0.1) is 0 Å². The molecule has 0 saturated heterocycles. The second-order valence-electron chi connectivity index (χ2n) is 6.21. The number of amides is 1. The van der Waals surface area contributed by atoms with Gasteiger partial charge in [-0.25, -0.2) is 0 Å². The third-order valence-corrected chi connectivity index (χ3v) is 4.26. The third-order valence-electron chi connectivity index (χ3n) is 4.26. The minimum Gasteiger partial charge on any atom is -0.464 e. The van der Waals surface area contributed by atoms with Gasteiger partial charge < -0.3 is 9.32 Å². The van der Waals surface area contributed by atoms with Crippen molar-refractivity contribution in [3.05, 3.63) is 94.9 Å². The van der Waals surface area contributed by atoms with E-state index >= 15 is 0 Å². The highest BCUT2D eigenvalue weighted by molar-refractivity contribution is 5.94. The number of hydrogen-bond acceptors (Lipinski definition) is 2. The molecule has 0 spiro atoms. The fraction of sp³-hybridized carbons (Fsp3) is 0.227. The lowest BCUT2D eigenvalue weighted by Gasteiger charge is -2.22. The predicted octanol–water partition coefficient (Wildman–Crippen LogP) is 4.99. The molecule has 2 aromatic carbocycles. The van der Waals surface area contributed by atoms with Gasteiger partial charge in [0.2, 0.25) is 0 Å². The van der Waals surface area contributed by atoms with Crippen molar-refractivity contribution >= 4 is 5.91 Å². The third kappa shape index (κ3) is 4.38. The zero-order valence-electron chi connectivity index (χ0n) is 14.7. The first kappa shape index (κ1) is 17.0. The standard InChI is InChI=1S/C22H23NO2/c1-3-18-10-12-20(13-11-18)22(24)23(15-19-7-5-4-6-8-19)16-21-14-9-17(2)25-21/h4-14H,3,15-16H2,1-2H3. The van der Waals surface area contributed by atoms with Gasteiger partial charge in [-0.05, 0) is 48.7 Å². The highest BCUT2D eigenvalue weighted by atomic mass is 16.3. The van der Waals surface area contributed by atoms with Crippen molar-refractivity contribution in [2.24, 2.45) is 0 Å². The average Bonchev–Trinajstić information content (AvgIpc) is 3.06. The van der Waals surface area contributed by atoms with E-state index < -0.39 is 0 Å². The smallest absolute Gasteiger partial charge is 0.254 e. The van der Waals surface area contributed by atoms with E-state index in [2.05, 4.69) is 6.92 Å². The van der Waals surface area contributed by atoms with E-state index in [0.717, 1.165) is 23.5 Å². The summed E-state index contributed by atoms with van der Waals surface area (Å²) in [5.74, 6) is 1.67. The first-order valence-electron chi connectivity index (χ1n) is 8.63. The molecule has 0 bridgehead atoms. The van der Waals surface area contributed by atoms with Crippen LogP contribution in [0.2, 0.25) is 0 Å². The summed E-state index contributed by atoms with van der Waals surface area (Å²) in [5, 5.41) is 0. The maximum Gasteiger partial charge on any atom is 0.254 e. The first-order chi connectivity index (χ1) is 12.2. The minimum absolute atomic E-state index is 0.0144. The molecule has 0 aliphatic heterocycles. The van der Waals surface area contributed by atoms with Gasteiger partial charge in [0.1, 0.15) is 11.5 Å². The fourth-order valence-electron chi connectivity index (χ4n) is 2.83. The highest BCUT2D eigenvalue weighted by Crippen LogP contribution is 2.16. The second-order valence-corrected chi connectivity index (χ2v) is 6.21. The van der Waals surface area contributed by atoms with Gasteiger partial charge >= 0.3 is 0 Å². The summed E-state index contributed by atoms with van der Waals surface area (Å²) in [7, 11) is 0. The van der Waals surface area contributed by atoms with Crippen LogP contribution in [0.1, 0.15) is 39.9 Å². The molecule has 1 heterocycles. The molecule has 0 saturated carbocycles. The summed E-state index contributed by atoms with van der Waals surface area (Å²) in [6.45, 7) is 5.03. The van der Waals surface area contributed by atoms with Crippen molar-refractivity contribution in [1.82, 2.24) is 4.90 Å². The molecule has 0 aliphatic carbocycles. The lowest BCUT2D eigenvalue weighted by atomic mass is 10.1. The zero-order chi connectivity index (χ0) is 17.6. The van der Waals surface area contributed by atoms with E-state index in [1.54, 1.807) is 0 Å². The van der Waals surface area contributed by atoms with Crippen LogP contribution in [0.5, 0.6) is 0 Å². The molecule has 3 aromatic rings. The van der Waals surface area contributed by atoms with Crippen LogP contribution in [0.25, 0.3) is 0 Å². The molecule has 1 aromatic heterocycles. The maximum atomic E-state index is 13.0. The number of aryl methyl sites for hydroxylation is 2. The van der Waals surface area contributed by atoms with Crippen LogP contribution in [0.4, 0.5) is 0 Å². The van der Waals surface area contributed by atoms with Crippen molar-refractivity contribution in [2.75, 3.05) is 0 Å². The van der Waals surface area contributed by atoms with Gasteiger partial charge in [-0.2, -0.15) is 0 Å². The Morgan fingerprint density at radius 2 is 1.60 bits per heavy atom. The summed E-state index contributed by atoms with van der Waals surface area (Å²) in [5.41, 5.74) is 3.04. The number of nitrogens with zero attached hydrogens (tertiary/aromatic N) is 1. The summed E-state index contributed by atoms with van der Waals surface area (Å²) < 4.78 is 5.68. The zero-order valence-corrected chi connectivity index (χ0v) is 14.7. The Balaban J connectivity index is 1.84. The van der Waals surface area contributed by atoms with E-state index in [1.807, 2.05) is 78.6 Å². The summed E-state index contributed by atoms with van der Waals surface area (Å²) >= 11 is 0. The Morgan fingerprint density at radius 1 is 0.880 bits per heavy atom. The molecule has 0 N–H and O–H groups in total. The molecular weight excluding hydrogens is 310 g/mol. The molecular formula is C22H23NO2. The van der Waals surface area contributed by atoms with E-state index in [0.29, 0.717) is 18.7 Å². The van der Waals surface area contributed by atoms with Crippen LogP contribution in [0, 0.1) is 6.92 Å². The molecule has 3 heteroatoms. The summed E-state index contributed by atoms with van der Waals surface area (Å²) in [6, 6.07) is 21.7. The summed E-state index contributed by atoms with van der Waals surface area (Å²) in [6.07, 6.45) is 0.966. The van der Waals surface area contributed by atoms with Crippen LogP contribution >= 0.6 is 0 Å². The van der Waals surface area contributed by atoms with Crippen molar-refractivity contribution in [3.8, 4) is 0 Å². The number of carbonyl (C=O) groups excluding carboxylic acids is 1. The number of carbonyl (C=O) groups is 1. The molecule has 0 aliphatic rings. The molecule has 25 heavy (non-hydrogen) atoms. The van der Waals surface area contributed by atoms with Crippen LogP contribution in [0.15, 0.2) is 71.1 Å². The molecule has 0 fully saturated rings. The molecule has 0 atom stereocenters. The second kappa shape index (κ2) is 7.84. The van der Waals surface area contributed by atoms with E-state index in [-0.39, 0.29) is 5.91 Å². The van der Waals surface area contributed by atoms with E-state index in [4.69, 9.17) is 4.42 Å². The van der Waals surface area contributed by atoms with Crippen molar-refractivity contribution in [3.63, 3.8) is 0 Å². The molecule has 128 valence electrons. The quantitative estimate of drug-likeness (QED) is 0.636. The average molecular weight is 333 g/mol. The molecule has 3 rings (SSSR count). The van der Waals surface area contributed by atoms with E-state index in [9.17, 15) is 4.79 Å². The summed E-state index contributed by atoms with van der Waals surface area (Å²) in [4.78, 5) is 14.9. The van der Waals surface area contributed by atoms with E-state index in [1.165, 1.54) is 5.56 Å². The van der Waals surface area contributed by atoms with Crippen molar-refractivity contribution in [2.45, 2.75) is 33.4 Å². The van der Waals surface area contributed by atoms with Crippen LogP contribution in [0.3, 0.4) is 0 Å². The van der Waals surface area contributed by atoms with Gasteiger partial charge in [0.25, 0.3) is 5.91 Å². The topological polar surface area (TPSA) is 33.5 Å². The number of benzene rings is 2. The Labute approximate surface area is 148 Å². The Kier molecular flexibility index (Phi) is 5.34. The van der Waals surface area contributed by atoms with Crippen molar-refractivity contribution in [1.29, 1.82) is 0 Å². The monoisotopic (exact) mass is 333 g/mol. The van der Waals surface area contributed by atoms with Crippen molar-refractivity contribution < 1.29 is 9.21 Å². The fourth-order valence-corrected chi connectivity index (χ4v) is 2.83. The van der Waals surface area contributed by atoms with Gasteiger partial charge in [-0.1, -0.05) is 49.4 Å². The molecule has 0 unspecified atom stereocenters.